The lowest BCUT2D eigenvalue weighted by Gasteiger charge is -2.14. The fourth-order valence-electron chi connectivity index (χ4n) is 2.52. The third-order valence-corrected chi connectivity index (χ3v) is 4.82. The molecule has 5 nitrogen and oxygen atoms in total. The first-order chi connectivity index (χ1) is 12.3. The van der Waals surface area contributed by atoms with Crippen molar-refractivity contribution in [2.24, 2.45) is 0 Å². The van der Waals surface area contributed by atoms with Crippen LogP contribution in [0.4, 0.5) is 0 Å². The minimum atomic E-state index is -0.416. The van der Waals surface area contributed by atoms with Crippen molar-refractivity contribution < 1.29 is 4.79 Å². The molecule has 0 saturated carbocycles. The maximum atomic E-state index is 13.1. The molecular weight excluding hydrogens is 332 g/mol. The van der Waals surface area contributed by atoms with E-state index in [1.165, 1.54) is 11.8 Å². The number of aromatic nitrogens is 4. The van der Waals surface area contributed by atoms with E-state index in [2.05, 4.69) is 15.1 Å². The molecule has 1 atom stereocenters. The Morgan fingerprint density at radius 1 is 0.960 bits per heavy atom. The van der Waals surface area contributed by atoms with Crippen molar-refractivity contribution in [3.05, 3.63) is 90.3 Å². The van der Waals surface area contributed by atoms with E-state index in [0.717, 1.165) is 5.56 Å². The van der Waals surface area contributed by atoms with E-state index in [4.69, 9.17) is 0 Å². The van der Waals surface area contributed by atoms with Gasteiger partial charge in [-0.25, -0.2) is 9.50 Å². The van der Waals surface area contributed by atoms with Crippen LogP contribution in [0.25, 0.3) is 5.78 Å². The van der Waals surface area contributed by atoms with Gasteiger partial charge in [-0.15, -0.1) is 5.10 Å². The van der Waals surface area contributed by atoms with Gasteiger partial charge in [0, 0.05) is 18.0 Å². The Kier molecular flexibility index (Phi) is 4.26. The van der Waals surface area contributed by atoms with Gasteiger partial charge in [0.15, 0.2) is 5.78 Å². The molecule has 6 heteroatoms. The van der Waals surface area contributed by atoms with Gasteiger partial charge in [-0.3, -0.25) is 4.79 Å². The molecule has 0 amide bonds. The molecule has 0 aliphatic rings. The highest BCUT2D eigenvalue weighted by Gasteiger charge is 2.25. The summed E-state index contributed by atoms with van der Waals surface area (Å²) in [4.78, 5) is 21.6. The van der Waals surface area contributed by atoms with Crippen LogP contribution in [-0.4, -0.2) is 25.4 Å². The van der Waals surface area contributed by atoms with E-state index in [1.54, 1.807) is 23.0 Å². The maximum absolute atomic E-state index is 13.1. The van der Waals surface area contributed by atoms with Gasteiger partial charge in [-0.1, -0.05) is 72.4 Å². The predicted octanol–water partition coefficient (Wildman–Crippen LogP) is 3.84. The average Bonchev–Trinajstić information content (AvgIpc) is 3.09. The number of nitrogens with zero attached hydrogens (tertiary/aromatic N) is 4. The van der Waals surface area contributed by atoms with Crippen LogP contribution in [0.15, 0.2) is 84.3 Å². The van der Waals surface area contributed by atoms with E-state index in [0.29, 0.717) is 16.5 Å². The molecule has 0 bridgehead atoms. The molecule has 2 heterocycles. The van der Waals surface area contributed by atoms with Crippen molar-refractivity contribution in [3.8, 4) is 0 Å². The molecule has 0 aliphatic carbocycles. The van der Waals surface area contributed by atoms with Crippen LogP contribution in [0.2, 0.25) is 0 Å². The molecule has 0 radical (unpaired) electrons. The third kappa shape index (κ3) is 3.29. The topological polar surface area (TPSA) is 60.2 Å². The van der Waals surface area contributed by atoms with Crippen molar-refractivity contribution in [3.63, 3.8) is 0 Å². The highest BCUT2D eigenvalue weighted by molar-refractivity contribution is 8.00. The summed E-state index contributed by atoms with van der Waals surface area (Å²) in [6.07, 6.45) is 3.46. The number of ketones is 1. The van der Waals surface area contributed by atoms with Gasteiger partial charge in [0.1, 0.15) is 5.25 Å². The summed E-state index contributed by atoms with van der Waals surface area (Å²) in [7, 11) is 0. The quantitative estimate of drug-likeness (QED) is 0.406. The van der Waals surface area contributed by atoms with Crippen molar-refractivity contribution in [2.75, 3.05) is 0 Å². The molecule has 0 spiro atoms. The molecule has 4 aromatic rings. The Hall–Kier alpha value is -2.99. The van der Waals surface area contributed by atoms with Gasteiger partial charge < -0.3 is 0 Å². The van der Waals surface area contributed by atoms with Crippen molar-refractivity contribution in [1.29, 1.82) is 0 Å². The van der Waals surface area contributed by atoms with E-state index >= 15 is 0 Å². The number of fused-ring (bicyclic) bond motifs is 1. The maximum Gasteiger partial charge on any atom is 0.253 e. The summed E-state index contributed by atoms with van der Waals surface area (Å²) in [5, 5.41) is 4.52. The average molecular weight is 346 g/mol. The van der Waals surface area contributed by atoms with Crippen LogP contribution in [-0.2, 0) is 0 Å². The fourth-order valence-corrected chi connectivity index (χ4v) is 3.54. The fraction of sp³-hybridized carbons (Fsp3) is 0.0526. The number of carbonyl (C=O) groups excluding carboxylic acids is 1. The molecular formula is C19H14N4OS. The molecule has 0 saturated heterocycles. The molecule has 2 aromatic carbocycles. The normalized spacial score (nSPS) is 12.2. The van der Waals surface area contributed by atoms with Gasteiger partial charge in [0.05, 0.1) is 0 Å². The zero-order valence-corrected chi connectivity index (χ0v) is 14.0. The van der Waals surface area contributed by atoms with Crippen LogP contribution in [0, 0.1) is 0 Å². The molecule has 0 aliphatic heterocycles. The van der Waals surface area contributed by atoms with Gasteiger partial charge in [-0.05, 0) is 11.6 Å². The summed E-state index contributed by atoms with van der Waals surface area (Å²) < 4.78 is 1.61. The van der Waals surface area contributed by atoms with Crippen LogP contribution in [0.3, 0.4) is 0 Å². The number of rotatable bonds is 5. The number of hydrogen-bond donors (Lipinski definition) is 0. The van der Waals surface area contributed by atoms with Crippen molar-refractivity contribution >= 4 is 23.3 Å². The molecule has 4 rings (SSSR count). The zero-order valence-electron chi connectivity index (χ0n) is 13.2. The lowest BCUT2D eigenvalue weighted by atomic mass is 10.0. The highest BCUT2D eigenvalue weighted by atomic mass is 32.2. The third-order valence-electron chi connectivity index (χ3n) is 3.72. The Morgan fingerprint density at radius 2 is 1.68 bits per heavy atom. The van der Waals surface area contributed by atoms with Crippen LogP contribution in [0.1, 0.15) is 21.2 Å². The van der Waals surface area contributed by atoms with E-state index < -0.39 is 5.25 Å². The van der Waals surface area contributed by atoms with Crippen molar-refractivity contribution in [2.45, 2.75) is 10.4 Å². The minimum Gasteiger partial charge on any atom is -0.293 e. The Bertz CT molecular complexity index is 969. The number of hydrogen-bond acceptors (Lipinski definition) is 5. The second kappa shape index (κ2) is 6.86. The smallest absolute Gasteiger partial charge is 0.253 e. The predicted molar refractivity (Wildman–Crippen MR) is 96.6 cm³/mol. The molecule has 0 fully saturated rings. The molecule has 122 valence electrons. The van der Waals surface area contributed by atoms with Crippen LogP contribution in [0.5, 0.6) is 0 Å². The summed E-state index contributed by atoms with van der Waals surface area (Å²) in [6.45, 7) is 0. The van der Waals surface area contributed by atoms with E-state index in [-0.39, 0.29) is 5.78 Å². The number of Topliss-reactive ketones (excluding diaryl/α,β-unsaturated/α-hetero) is 1. The van der Waals surface area contributed by atoms with Crippen LogP contribution >= 0.6 is 11.8 Å². The first-order valence-corrected chi connectivity index (χ1v) is 8.67. The van der Waals surface area contributed by atoms with Crippen molar-refractivity contribution in [1.82, 2.24) is 19.6 Å². The Labute approximate surface area is 148 Å². The van der Waals surface area contributed by atoms with Gasteiger partial charge in [0.2, 0.25) is 5.16 Å². The summed E-state index contributed by atoms with van der Waals surface area (Å²) in [5.41, 5.74) is 1.60. The molecule has 0 unspecified atom stereocenters. The Balaban J connectivity index is 1.71. The van der Waals surface area contributed by atoms with E-state index in [1.807, 2.05) is 60.7 Å². The summed E-state index contributed by atoms with van der Waals surface area (Å²) in [6, 6.07) is 20.8. The molecule has 25 heavy (non-hydrogen) atoms. The lowest BCUT2D eigenvalue weighted by molar-refractivity contribution is 0.0989. The number of benzene rings is 2. The molecule has 2 aromatic heterocycles. The highest BCUT2D eigenvalue weighted by Crippen LogP contribution is 2.36. The van der Waals surface area contributed by atoms with E-state index in [9.17, 15) is 4.79 Å². The minimum absolute atomic E-state index is 0.0311. The lowest BCUT2D eigenvalue weighted by Crippen LogP contribution is -2.10. The second-order valence-corrected chi connectivity index (χ2v) is 6.47. The zero-order chi connectivity index (χ0) is 17.1. The van der Waals surface area contributed by atoms with Gasteiger partial charge in [0.25, 0.3) is 5.78 Å². The first-order valence-electron chi connectivity index (χ1n) is 7.79. The molecule has 0 N–H and O–H groups in total. The number of thioether (sulfide) groups is 1. The van der Waals surface area contributed by atoms with Gasteiger partial charge >= 0.3 is 0 Å². The summed E-state index contributed by atoms with van der Waals surface area (Å²) >= 11 is 1.34. The largest absolute Gasteiger partial charge is 0.293 e. The summed E-state index contributed by atoms with van der Waals surface area (Å²) in [5.74, 6) is 0.549. The van der Waals surface area contributed by atoms with Crippen LogP contribution < -0.4 is 0 Å². The Morgan fingerprint density at radius 3 is 2.40 bits per heavy atom. The SMILES string of the molecule is O=C(c1ccccc1)[C@H](Sc1nc2ncccn2n1)c1ccccc1. The van der Waals surface area contributed by atoms with Gasteiger partial charge in [-0.2, -0.15) is 4.98 Å². The number of carbonyl (C=O) groups is 1. The monoisotopic (exact) mass is 346 g/mol. The second-order valence-electron chi connectivity index (χ2n) is 5.40. The first kappa shape index (κ1) is 15.5. The standard InChI is InChI=1S/C19H14N4OS/c24-16(14-8-3-1-4-9-14)17(15-10-5-2-6-11-15)25-19-21-18-20-12-7-13-23(18)22-19/h1-13,17H/t17-/m1/s1.